The summed E-state index contributed by atoms with van der Waals surface area (Å²) >= 11 is 0. The zero-order chi connectivity index (χ0) is 15.2. The fourth-order valence-corrected chi connectivity index (χ4v) is 1.95. The molecule has 0 aliphatic rings. The molecule has 2 aromatic rings. The van der Waals surface area contributed by atoms with E-state index in [4.69, 9.17) is 15.2 Å². The Morgan fingerprint density at radius 3 is 2.38 bits per heavy atom. The number of ether oxygens (including phenoxy) is 2. The van der Waals surface area contributed by atoms with Crippen molar-refractivity contribution in [2.75, 3.05) is 19.5 Å². The molecule has 5 heteroatoms. The molecule has 0 atom stereocenters. The first-order valence-electron chi connectivity index (χ1n) is 6.48. The molecular formula is C16H18N2O3. The van der Waals surface area contributed by atoms with E-state index in [1.54, 1.807) is 26.4 Å². The molecule has 0 unspecified atom stereocenters. The van der Waals surface area contributed by atoms with Gasteiger partial charge < -0.3 is 20.5 Å². The van der Waals surface area contributed by atoms with Crippen molar-refractivity contribution >= 4 is 11.6 Å². The molecule has 21 heavy (non-hydrogen) atoms. The normalized spacial score (nSPS) is 10.0. The number of amides is 1. The van der Waals surface area contributed by atoms with Crippen LogP contribution in [-0.2, 0) is 6.54 Å². The molecule has 3 N–H and O–H groups in total. The van der Waals surface area contributed by atoms with Gasteiger partial charge in [-0.25, -0.2) is 0 Å². The summed E-state index contributed by atoms with van der Waals surface area (Å²) in [6.45, 7) is 0.600. The van der Waals surface area contributed by atoms with Crippen molar-refractivity contribution in [1.29, 1.82) is 0 Å². The summed E-state index contributed by atoms with van der Waals surface area (Å²) in [4.78, 5) is 11.0. The summed E-state index contributed by atoms with van der Waals surface area (Å²) in [6.07, 6.45) is 0. The Bertz CT molecular complexity index is 624. The van der Waals surface area contributed by atoms with Crippen molar-refractivity contribution in [1.82, 2.24) is 0 Å². The highest BCUT2D eigenvalue weighted by Crippen LogP contribution is 2.25. The van der Waals surface area contributed by atoms with Crippen LogP contribution in [0.5, 0.6) is 11.5 Å². The van der Waals surface area contributed by atoms with Gasteiger partial charge in [0.15, 0.2) is 0 Å². The van der Waals surface area contributed by atoms with Crippen LogP contribution in [0.3, 0.4) is 0 Å². The minimum Gasteiger partial charge on any atom is -0.497 e. The standard InChI is InChI=1S/C16H18N2O3/c1-20-14-8-5-12(15(9-14)21-2)10-18-13-6-3-11(4-7-13)16(17)19/h3-9,18H,10H2,1-2H3,(H2,17,19). The number of rotatable bonds is 6. The fraction of sp³-hybridized carbons (Fsp3) is 0.188. The van der Waals surface area contributed by atoms with E-state index in [2.05, 4.69) is 5.32 Å². The molecule has 0 radical (unpaired) electrons. The Balaban J connectivity index is 2.07. The van der Waals surface area contributed by atoms with Crippen LogP contribution in [0.4, 0.5) is 5.69 Å². The predicted molar refractivity (Wildman–Crippen MR) is 81.8 cm³/mol. The van der Waals surface area contributed by atoms with Gasteiger partial charge in [0.2, 0.25) is 5.91 Å². The third-order valence-electron chi connectivity index (χ3n) is 3.15. The summed E-state index contributed by atoms with van der Waals surface area (Å²) in [7, 11) is 3.24. The number of anilines is 1. The minimum absolute atomic E-state index is 0.432. The fourth-order valence-electron chi connectivity index (χ4n) is 1.95. The number of methoxy groups -OCH3 is 2. The summed E-state index contributed by atoms with van der Waals surface area (Å²) < 4.78 is 10.5. The molecule has 0 aliphatic carbocycles. The highest BCUT2D eigenvalue weighted by molar-refractivity contribution is 5.93. The smallest absolute Gasteiger partial charge is 0.248 e. The lowest BCUT2D eigenvalue weighted by atomic mass is 10.1. The van der Waals surface area contributed by atoms with Gasteiger partial charge in [-0.2, -0.15) is 0 Å². The first-order valence-corrected chi connectivity index (χ1v) is 6.48. The van der Waals surface area contributed by atoms with Crippen molar-refractivity contribution in [3.05, 3.63) is 53.6 Å². The van der Waals surface area contributed by atoms with Crippen LogP contribution in [0.15, 0.2) is 42.5 Å². The molecule has 110 valence electrons. The molecule has 0 fully saturated rings. The molecule has 2 rings (SSSR count). The van der Waals surface area contributed by atoms with E-state index in [1.807, 2.05) is 30.3 Å². The average molecular weight is 286 g/mol. The van der Waals surface area contributed by atoms with Gasteiger partial charge in [-0.15, -0.1) is 0 Å². The quantitative estimate of drug-likeness (QED) is 0.855. The maximum Gasteiger partial charge on any atom is 0.248 e. The van der Waals surface area contributed by atoms with Gasteiger partial charge in [-0.3, -0.25) is 4.79 Å². The van der Waals surface area contributed by atoms with Gasteiger partial charge in [0.05, 0.1) is 14.2 Å². The Kier molecular flexibility index (Phi) is 4.66. The first kappa shape index (κ1) is 14.7. The van der Waals surface area contributed by atoms with Crippen LogP contribution in [-0.4, -0.2) is 20.1 Å². The van der Waals surface area contributed by atoms with E-state index < -0.39 is 5.91 Å². The van der Waals surface area contributed by atoms with E-state index in [0.717, 1.165) is 22.7 Å². The SMILES string of the molecule is COc1ccc(CNc2ccc(C(N)=O)cc2)c(OC)c1. The summed E-state index contributed by atoms with van der Waals surface area (Å²) in [5, 5.41) is 3.27. The van der Waals surface area contributed by atoms with E-state index in [-0.39, 0.29) is 0 Å². The Morgan fingerprint density at radius 1 is 1.10 bits per heavy atom. The highest BCUT2D eigenvalue weighted by Gasteiger charge is 2.05. The van der Waals surface area contributed by atoms with E-state index >= 15 is 0 Å². The molecule has 0 heterocycles. The van der Waals surface area contributed by atoms with Crippen molar-refractivity contribution in [3.63, 3.8) is 0 Å². The van der Waals surface area contributed by atoms with Crippen molar-refractivity contribution in [3.8, 4) is 11.5 Å². The minimum atomic E-state index is -0.432. The molecule has 0 bridgehead atoms. The second-order valence-corrected chi connectivity index (χ2v) is 4.47. The Hall–Kier alpha value is -2.69. The van der Waals surface area contributed by atoms with Crippen LogP contribution >= 0.6 is 0 Å². The first-order chi connectivity index (χ1) is 10.1. The van der Waals surface area contributed by atoms with Crippen LogP contribution in [0, 0.1) is 0 Å². The largest absolute Gasteiger partial charge is 0.497 e. The summed E-state index contributed by atoms with van der Waals surface area (Å²) in [6, 6.07) is 12.7. The predicted octanol–water partition coefficient (Wildman–Crippen LogP) is 2.41. The van der Waals surface area contributed by atoms with Crippen molar-refractivity contribution in [2.24, 2.45) is 5.73 Å². The van der Waals surface area contributed by atoms with E-state index in [0.29, 0.717) is 12.1 Å². The zero-order valence-electron chi connectivity index (χ0n) is 12.1. The van der Waals surface area contributed by atoms with Gasteiger partial charge in [0.25, 0.3) is 0 Å². The van der Waals surface area contributed by atoms with Crippen molar-refractivity contribution in [2.45, 2.75) is 6.54 Å². The molecule has 0 aromatic heterocycles. The maximum atomic E-state index is 11.0. The molecule has 0 saturated carbocycles. The highest BCUT2D eigenvalue weighted by atomic mass is 16.5. The number of nitrogens with one attached hydrogen (secondary N) is 1. The molecule has 0 spiro atoms. The van der Waals surface area contributed by atoms with Crippen LogP contribution in [0.2, 0.25) is 0 Å². The van der Waals surface area contributed by atoms with Crippen LogP contribution in [0.1, 0.15) is 15.9 Å². The molecule has 2 aromatic carbocycles. The number of carbonyl (C=O) groups is 1. The number of carbonyl (C=O) groups excluding carboxylic acids is 1. The molecule has 5 nitrogen and oxygen atoms in total. The van der Waals surface area contributed by atoms with Crippen LogP contribution in [0.25, 0.3) is 0 Å². The van der Waals surface area contributed by atoms with E-state index in [9.17, 15) is 4.79 Å². The van der Waals surface area contributed by atoms with Gasteiger partial charge in [-0.05, 0) is 36.4 Å². The van der Waals surface area contributed by atoms with E-state index in [1.165, 1.54) is 0 Å². The molecular weight excluding hydrogens is 268 g/mol. The second kappa shape index (κ2) is 6.65. The molecule has 0 saturated heterocycles. The number of hydrogen-bond donors (Lipinski definition) is 2. The third kappa shape index (κ3) is 3.66. The van der Waals surface area contributed by atoms with Crippen molar-refractivity contribution < 1.29 is 14.3 Å². The number of hydrogen-bond acceptors (Lipinski definition) is 4. The zero-order valence-corrected chi connectivity index (χ0v) is 12.1. The summed E-state index contributed by atoms with van der Waals surface area (Å²) in [5.74, 6) is 1.08. The lowest BCUT2D eigenvalue weighted by Gasteiger charge is -2.12. The molecule has 1 amide bonds. The van der Waals surface area contributed by atoms with Gasteiger partial charge in [0, 0.05) is 29.4 Å². The van der Waals surface area contributed by atoms with Gasteiger partial charge in [-0.1, -0.05) is 0 Å². The maximum absolute atomic E-state index is 11.0. The van der Waals surface area contributed by atoms with Gasteiger partial charge >= 0.3 is 0 Å². The number of benzene rings is 2. The molecule has 0 aliphatic heterocycles. The monoisotopic (exact) mass is 286 g/mol. The second-order valence-electron chi connectivity index (χ2n) is 4.47. The lowest BCUT2D eigenvalue weighted by molar-refractivity contribution is 0.100. The Morgan fingerprint density at radius 2 is 1.81 bits per heavy atom. The topological polar surface area (TPSA) is 73.6 Å². The summed E-state index contributed by atoms with van der Waals surface area (Å²) in [5.41, 5.74) is 7.61. The lowest BCUT2D eigenvalue weighted by Crippen LogP contribution is -2.10. The van der Waals surface area contributed by atoms with Gasteiger partial charge in [0.1, 0.15) is 11.5 Å². The van der Waals surface area contributed by atoms with Crippen LogP contribution < -0.4 is 20.5 Å². The third-order valence-corrected chi connectivity index (χ3v) is 3.15. The number of primary amides is 1. The average Bonchev–Trinajstić information content (AvgIpc) is 2.53. The Labute approximate surface area is 123 Å². The number of nitrogens with two attached hydrogens (primary N) is 1.